The van der Waals surface area contributed by atoms with Crippen molar-refractivity contribution in [3.63, 3.8) is 0 Å². The van der Waals surface area contributed by atoms with Crippen LogP contribution in [0.2, 0.25) is 0 Å². The molecule has 3 aromatic heterocycles. The summed E-state index contributed by atoms with van der Waals surface area (Å²) < 4.78 is 16.4. The average molecular weight is 581 g/mol. The summed E-state index contributed by atoms with van der Waals surface area (Å²) in [5.74, 6) is -0.795. The number of Topliss-reactive ketones (excluding diaryl/α,β-unsaturated/α-hetero) is 1. The molecule has 4 heterocycles. The zero-order valence-electron chi connectivity index (χ0n) is 23.5. The molecule has 2 amide bonds. The minimum Gasteiger partial charge on any atom is -0.353 e. The number of aromatic nitrogens is 5. The van der Waals surface area contributed by atoms with Crippen LogP contribution in [-0.4, -0.2) is 66.0 Å². The van der Waals surface area contributed by atoms with Crippen LogP contribution in [0.4, 0.5) is 21.6 Å². The maximum atomic E-state index is 14.7. The van der Waals surface area contributed by atoms with E-state index in [0.29, 0.717) is 33.7 Å². The van der Waals surface area contributed by atoms with Crippen molar-refractivity contribution in [3.8, 4) is 11.1 Å². The molecule has 2 unspecified atom stereocenters. The highest BCUT2D eigenvalue weighted by molar-refractivity contribution is 6.08. The van der Waals surface area contributed by atoms with Crippen LogP contribution in [0.1, 0.15) is 29.4 Å². The number of rotatable bonds is 8. The van der Waals surface area contributed by atoms with E-state index in [1.165, 1.54) is 18.2 Å². The Labute approximate surface area is 246 Å². The number of nitrogens with zero attached hydrogens (tertiary/aromatic N) is 5. The molecule has 3 N–H and O–H groups in total. The molecule has 2 atom stereocenters. The monoisotopic (exact) mass is 580 g/mol. The summed E-state index contributed by atoms with van der Waals surface area (Å²) in [5, 5.41) is 13.8. The number of hydrogen-bond donors (Lipinski definition) is 3. The Morgan fingerprint density at radius 2 is 1.84 bits per heavy atom. The Balaban J connectivity index is 1.23. The number of benzene rings is 2. The van der Waals surface area contributed by atoms with Crippen LogP contribution in [0.15, 0.2) is 73.4 Å². The van der Waals surface area contributed by atoms with E-state index in [9.17, 15) is 18.8 Å². The summed E-state index contributed by atoms with van der Waals surface area (Å²) >= 11 is 0. The standard InChI is InChI=1S/C31H29FN8O3/c1-18-29(20-6-4-3-5-7-20)30(38-37-18)36-31(43)27-10-21(32)14-40(27)28(42)16-39-15-25(19(2)41)24-11-22(8-9-26(24)39)35-23-12-33-17-34-13-23/h3-9,11-13,15,17,21,27,35H,10,14,16H2,1-2H3,(H2,36,37,38,43). The van der Waals surface area contributed by atoms with E-state index >= 15 is 0 Å². The second-order valence-electron chi connectivity index (χ2n) is 10.5. The maximum absolute atomic E-state index is 14.7. The number of amides is 2. The fourth-order valence-corrected chi connectivity index (χ4v) is 5.54. The van der Waals surface area contributed by atoms with Gasteiger partial charge in [0.2, 0.25) is 11.8 Å². The van der Waals surface area contributed by atoms with Crippen LogP contribution >= 0.6 is 0 Å². The van der Waals surface area contributed by atoms with Gasteiger partial charge in [0.05, 0.1) is 24.6 Å². The molecule has 5 aromatic rings. The highest BCUT2D eigenvalue weighted by Crippen LogP contribution is 2.31. The van der Waals surface area contributed by atoms with Crippen LogP contribution < -0.4 is 10.6 Å². The molecule has 0 bridgehead atoms. The normalized spacial score (nSPS) is 16.4. The highest BCUT2D eigenvalue weighted by atomic mass is 19.1. The number of fused-ring (bicyclic) bond motifs is 1. The third kappa shape index (κ3) is 5.59. The number of aryl methyl sites for hydroxylation is 1. The quantitative estimate of drug-likeness (QED) is 0.227. The topological polar surface area (TPSA) is 138 Å². The Morgan fingerprint density at radius 3 is 2.58 bits per heavy atom. The summed E-state index contributed by atoms with van der Waals surface area (Å²) in [6, 6.07) is 13.9. The molecule has 1 fully saturated rings. The Kier molecular flexibility index (Phi) is 7.41. The van der Waals surface area contributed by atoms with Gasteiger partial charge in [0.1, 0.15) is 25.1 Å². The van der Waals surface area contributed by atoms with E-state index in [0.717, 1.165) is 16.8 Å². The number of halogens is 1. The molecule has 0 aliphatic carbocycles. The van der Waals surface area contributed by atoms with Gasteiger partial charge in [-0.15, -0.1) is 0 Å². The molecule has 1 aliphatic rings. The number of ketones is 1. The zero-order valence-corrected chi connectivity index (χ0v) is 23.5. The fraction of sp³-hybridized carbons (Fsp3) is 0.226. The first-order valence-corrected chi connectivity index (χ1v) is 13.8. The lowest BCUT2D eigenvalue weighted by Crippen LogP contribution is -2.44. The van der Waals surface area contributed by atoms with Crippen LogP contribution in [-0.2, 0) is 16.1 Å². The van der Waals surface area contributed by atoms with Crippen molar-refractivity contribution in [1.82, 2.24) is 29.6 Å². The first-order valence-electron chi connectivity index (χ1n) is 13.8. The largest absolute Gasteiger partial charge is 0.353 e. The molecule has 0 radical (unpaired) electrons. The Morgan fingerprint density at radius 1 is 1.07 bits per heavy atom. The van der Waals surface area contributed by atoms with Crippen LogP contribution in [0, 0.1) is 6.92 Å². The van der Waals surface area contributed by atoms with Crippen molar-refractivity contribution in [2.75, 3.05) is 17.2 Å². The molecule has 218 valence electrons. The lowest BCUT2D eigenvalue weighted by Gasteiger charge is -2.24. The van der Waals surface area contributed by atoms with Crippen molar-refractivity contribution in [2.24, 2.45) is 0 Å². The van der Waals surface area contributed by atoms with Crippen LogP contribution in [0.25, 0.3) is 22.0 Å². The second-order valence-corrected chi connectivity index (χ2v) is 10.5. The van der Waals surface area contributed by atoms with Crippen LogP contribution in [0.3, 0.4) is 0 Å². The van der Waals surface area contributed by atoms with Crippen molar-refractivity contribution >= 4 is 45.7 Å². The Hall–Kier alpha value is -5.39. The highest BCUT2D eigenvalue weighted by Gasteiger charge is 2.40. The molecule has 6 rings (SSSR count). The number of carbonyl (C=O) groups is 3. The van der Waals surface area contributed by atoms with Gasteiger partial charge < -0.3 is 20.1 Å². The molecule has 1 aliphatic heterocycles. The third-order valence-electron chi connectivity index (χ3n) is 7.54. The van der Waals surface area contributed by atoms with E-state index in [2.05, 4.69) is 30.8 Å². The number of alkyl halides is 1. The second kappa shape index (κ2) is 11.5. The van der Waals surface area contributed by atoms with Gasteiger partial charge in [-0.05, 0) is 37.6 Å². The van der Waals surface area contributed by atoms with Gasteiger partial charge in [0.15, 0.2) is 11.6 Å². The van der Waals surface area contributed by atoms with Gasteiger partial charge in [0.25, 0.3) is 0 Å². The average Bonchev–Trinajstić information content (AvgIpc) is 3.68. The molecule has 2 aromatic carbocycles. The molecule has 0 spiro atoms. The molecular weight excluding hydrogens is 551 g/mol. The van der Waals surface area contributed by atoms with Crippen molar-refractivity contribution < 1.29 is 18.8 Å². The molecule has 12 heteroatoms. The van der Waals surface area contributed by atoms with E-state index in [4.69, 9.17) is 0 Å². The smallest absolute Gasteiger partial charge is 0.248 e. The van der Waals surface area contributed by atoms with E-state index < -0.39 is 24.0 Å². The molecule has 0 saturated carbocycles. The van der Waals surface area contributed by atoms with Crippen LogP contribution in [0.5, 0.6) is 0 Å². The first-order chi connectivity index (χ1) is 20.8. The number of likely N-dealkylation sites (tertiary alicyclic amines) is 1. The maximum Gasteiger partial charge on any atom is 0.248 e. The molecule has 1 saturated heterocycles. The van der Waals surface area contributed by atoms with E-state index in [1.54, 1.807) is 29.2 Å². The third-order valence-corrected chi connectivity index (χ3v) is 7.54. The number of H-pyrrole nitrogens is 1. The summed E-state index contributed by atoms with van der Waals surface area (Å²) in [7, 11) is 0. The summed E-state index contributed by atoms with van der Waals surface area (Å²) in [6.45, 7) is 2.94. The van der Waals surface area contributed by atoms with Gasteiger partial charge in [-0.3, -0.25) is 19.5 Å². The van der Waals surface area contributed by atoms with E-state index in [1.807, 2.05) is 49.4 Å². The summed E-state index contributed by atoms with van der Waals surface area (Å²) in [6.07, 6.45) is 4.84. The number of anilines is 3. The van der Waals surface area contributed by atoms with Crippen molar-refractivity contribution in [2.45, 2.75) is 39.0 Å². The minimum absolute atomic E-state index is 0.120. The minimum atomic E-state index is -1.35. The van der Waals surface area contributed by atoms with E-state index in [-0.39, 0.29) is 25.3 Å². The van der Waals surface area contributed by atoms with Gasteiger partial charge in [0, 0.05) is 46.0 Å². The SMILES string of the molecule is CC(=O)c1cn(CC(=O)N2CC(F)CC2C(=O)Nc2n[nH]c(C)c2-c2ccccc2)c2ccc(Nc3cncnc3)cc12. The van der Waals surface area contributed by atoms with Gasteiger partial charge in [-0.25, -0.2) is 14.4 Å². The van der Waals surface area contributed by atoms with Crippen molar-refractivity contribution in [1.29, 1.82) is 0 Å². The first kappa shape index (κ1) is 27.8. The zero-order chi connectivity index (χ0) is 30.1. The lowest BCUT2D eigenvalue weighted by molar-refractivity contribution is -0.137. The molecular formula is C31H29FN8O3. The van der Waals surface area contributed by atoms with Crippen molar-refractivity contribution in [3.05, 3.63) is 84.7 Å². The lowest BCUT2D eigenvalue weighted by atomic mass is 10.1. The summed E-state index contributed by atoms with van der Waals surface area (Å²) in [5.41, 5.74) is 4.85. The van der Waals surface area contributed by atoms with Gasteiger partial charge in [-0.2, -0.15) is 5.10 Å². The Bertz CT molecular complexity index is 1820. The predicted octanol–water partition coefficient (Wildman–Crippen LogP) is 4.65. The van der Waals surface area contributed by atoms with Gasteiger partial charge >= 0.3 is 0 Å². The number of hydrogen-bond acceptors (Lipinski definition) is 7. The van der Waals surface area contributed by atoms with Gasteiger partial charge in [-0.1, -0.05) is 30.3 Å². The molecule has 43 heavy (non-hydrogen) atoms. The number of carbonyl (C=O) groups excluding carboxylic acids is 3. The molecule has 11 nitrogen and oxygen atoms in total. The summed E-state index contributed by atoms with van der Waals surface area (Å²) in [4.78, 5) is 48.8. The predicted molar refractivity (Wildman–Crippen MR) is 160 cm³/mol. The fourth-order valence-electron chi connectivity index (χ4n) is 5.54. The number of nitrogens with one attached hydrogen (secondary N) is 3. The number of aromatic amines is 1.